The highest BCUT2D eigenvalue weighted by atomic mass is 35.5. The minimum atomic E-state index is -0.369. The molecule has 0 aliphatic carbocycles. The fourth-order valence-electron chi connectivity index (χ4n) is 3.46. The van der Waals surface area contributed by atoms with Gasteiger partial charge in [0.05, 0.1) is 21.3 Å². The zero-order valence-corrected chi connectivity index (χ0v) is 19.2. The summed E-state index contributed by atoms with van der Waals surface area (Å²) in [5.41, 5.74) is 3.00. The van der Waals surface area contributed by atoms with E-state index in [9.17, 15) is 9.59 Å². The van der Waals surface area contributed by atoms with E-state index in [-0.39, 0.29) is 24.0 Å². The maximum Gasteiger partial charge on any atom is 0.225 e. The van der Waals surface area contributed by atoms with Gasteiger partial charge in [0.1, 0.15) is 0 Å². The Morgan fingerprint density at radius 1 is 1.16 bits per heavy atom. The molecular formula is C22H22ClN5O2S. The Morgan fingerprint density at radius 2 is 1.94 bits per heavy atom. The topological polar surface area (TPSA) is 80.1 Å². The van der Waals surface area contributed by atoms with E-state index in [1.807, 2.05) is 35.9 Å². The lowest BCUT2D eigenvalue weighted by atomic mass is 9.98. The van der Waals surface area contributed by atoms with Gasteiger partial charge in [0.2, 0.25) is 11.9 Å². The first-order valence-electron chi connectivity index (χ1n) is 9.77. The molecule has 1 atom stereocenters. The molecule has 0 aliphatic rings. The number of ketones is 1. The van der Waals surface area contributed by atoms with Crippen LogP contribution in [0, 0.1) is 5.92 Å². The Kier molecular flexibility index (Phi) is 5.68. The number of nitrogens with one attached hydrogen (secondary N) is 1. The van der Waals surface area contributed by atoms with Gasteiger partial charge in [-0.15, -0.1) is 0 Å². The predicted molar refractivity (Wildman–Crippen MR) is 125 cm³/mol. The van der Waals surface area contributed by atoms with Crippen molar-refractivity contribution in [2.45, 2.75) is 13.3 Å². The number of imidazole rings is 1. The maximum absolute atomic E-state index is 12.7. The summed E-state index contributed by atoms with van der Waals surface area (Å²) in [5.74, 6) is 0.122. The summed E-state index contributed by atoms with van der Waals surface area (Å²) < 4.78 is 2.91. The van der Waals surface area contributed by atoms with E-state index in [0.29, 0.717) is 27.2 Å². The molecule has 9 heteroatoms. The molecule has 0 bridgehead atoms. The largest absolute Gasteiger partial charge is 0.349 e. The number of thiazole rings is 1. The highest BCUT2D eigenvalue weighted by Crippen LogP contribution is 2.31. The number of halogens is 1. The maximum atomic E-state index is 12.7. The van der Waals surface area contributed by atoms with Crippen LogP contribution in [0.2, 0.25) is 5.02 Å². The first kappa shape index (κ1) is 21.3. The van der Waals surface area contributed by atoms with Gasteiger partial charge >= 0.3 is 0 Å². The van der Waals surface area contributed by atoms with Crippen LogP contribution >= 0.6 is 22.9 Å². The normalized spacial score (nSPS) is 12.3. The van der Waals surface area contributed by atoms with Crippen molar-refractivity contribution < 1.29 is 9.59 Å². The minimum Gasteiger partial charge on any atom is -0.349 e. The van der Waals surface area contributed by atoms with Gasteiger partial charge in [0, 0.05) is 44.1 Å². The van der Waals surface area contributed by atoms with Gasteiger partial charge in [-0.05, 0) is 36.4 Å². The van der Waals surface area contributed by atoms with E-state index < -0.39 is 0 Å². The Balaban J connectivity index is 1.58. The van der Waals surface area contributed by atoms with E-state index in [1.54, 1.807) is 33.2 Å². The summed E-state index contributed by atoms with van der Waals surface area (Å²) in [5, 5.41) is 4.64. The third kappa shape index (κ3) is 4.26. The zero-order valence-electron chi connectivity index (χ0n) is 17.6. The molecule has 0 unspecified atom stereocenters. The SMILES string of the molecule is C[C@@H](CC(=O)c1ccc2c(c1)nc(Nc1nc3ccc(Cl)cc3s1)n2C)C(=O)N(C)C. The first-order chi connectivity index (χ1) is 14.7. The molecule has 0 saturated heterocycles. The molecule has 0 aliphatic heterocycles. The van der Waals surface area contributed by atoms with Crippen LogP contribution < -0.4 is 5.32 Å². The lowest BCUT2D eigenvalue weighted by Gasteiger charge is -2.16. The third-order valence-corrected chi connectivity index (χ3v) is 6.29. The fourth-order valence-corrected chi connectivity index (χ4v) is 4.59. The molecule has 7 nitrogen and oxygen atoms in total. The van der Waals surface area contributed by atoms with Crippen LogP contribution in [0.5, 0.6) is 0 Å². The summed E-state index contributed by atoms with van der Waals surface area (Å²) in [6.07, 6.45) is 0.161. The van der Waals surface area contributed by atoms with Gasteiger partial charge in [-0.1, -0.05) is 29.9 Å². The van der Waals surface area contributed by atoms with Crippen molar-refractivity contribution in [3.63, 3.8) is 0 Å². The van der Waals surface area contributed by atoms with Crippen molar-refractivity contribution in [2.75, 3.05) is 19.4 Å². The quantitative estimate of drug-likeness (QED) is 0.419. The van der Waals surface area contributed by atoms with Gasteiger partial charge in [0.25, 0.3) is 0 Å². The molecule has 2 aromatic carbocycles. The van der Waals surface area contributed by atoms with Crippen LogP contribution in [0.1, 0.15) is 23.7 Å². The summed E-state index contributed by atoms with van der Waals surface area (Å²) >= 11 is 7.56. The molecular weight excluding hydrogens is 434 g/mol. The van der Waals surface area contributed by atoms with Crippen molar-refractivity contribution in [3.8, 4) is 0 Å². The highest BCUT2D eigenvalue weighted by Gasteiger charge is 2.20. The molecule has 1 amide bonds. The molecule has 0 fully saturated rings. The van der Waals surface area contributed by atoms with Crippen molar-refractivity contribution in [1.82, 2.24) is 19.4 Å². The fraction of sp³-hybridized carbons (Fsp3) is 0.273. The van der Waals surface area contributed by atoms with E-state index in [0.717, 1.165) is 15.7 Å². The average Bonchev–Trinajstić information content (AvgIpc) is 3.26. The van der Waals surface area contributed by atoms with Gasteiger partial charge < -0.3 is 14.8 Å². The number of benzene rings is 2. The number of rotatable bonds is 6. The second-order valence-corrected chi connectivity index (χ2v) is 9.18. The molecule has 1 N–H and O–H groups in total. The molecule has 2 heterocycles. The number of fused-ring (bicyclic) bond motifs is 2. The lowest BCUT2D eigenvalue weighted by molar-refractivity contribution is -0.132. The van der Waals surface area contributed by atoms with E-state index in [2.05, 4.69) is 15.3 Å². The number of aryl methyl sites for hydroxylation is 1. The summed E-state index contributed by atoms with van der Waals surface area (Å²) in [7, 11) is 5.29. The third-order valence-electron chi connectivity index (χ3n) is 5.13. The number of amides is 1. The molecule has 2 aromatic heterocycles. The van der Waals surface area contributed by atoms with Crippen molar-refractivity contribution in [3.05, 3.63) is 47.0 Å². The summed E-state index contributed by atoms with van der Waals surface area (Å²) in [6.45, 7) is 1.77. The smallest absolute Gasteiger partial charge is 0.225 e. The van der Waals surface area contributed by atoms with Crippen LogP contribution in [0.25, 0.3) is 21.3 Å². The summed E-state index contributed by atoms with van der Waals surface area (Å²) in [4.78, 5) is 35.5. The molecule has 4 aromatic rings. The van der Waals surface area contributed by atoms with Gasteiger partial charge in [-0.2, -0.15) is 0 Å². The van der Waals surface area contributed by atoms with E-state index in [1.165, 1.54) is 16.2 Å². The summed E-state index contributed by atoms with van der Waals surface area (Å²) in [6, 6.07) is 11.0. The van der Waals surface area contributed by atoms with Gasteiger partial charge in [-0.25, -0.2) is 9.97 Å². The number of hydrogen-bond acceptors (Lipinski definition) is 6. The first-order valence-corrected chi connectivity index (χ1v) is 11.0. The molecule has 0 radical (unpaired) electrons. The van der Waals surface area contributed by atoms with Gasteiger partial charge in [0.15, 0.2) is 10.9 Å². The average molecular weight is 456 g/mol. The molecule has 160 valence electrons. The Morgan fingerprint density at radius 3 is 2.68 bits per heavy atom. The molecule has 0 spiro atoms. The zero-order chi connectivity index (χ0) is 22.3. The second kappa shape index (κ2) is 8.28. The number of nitrogens with zero attached hydrogens (tertiary/aromatic N) is 4. The number of hydrogen-bond donors (Lipinski definition) is 1. The van der Waals surface area contributed by atoms with Crippen LogP contribution in [-0.2, 0) is 11.8 Å². The lowest BCUT2D eigenvalue weighted by Crippen LogP contribution is -2.29. The number of Topliss-reactive ketones (excluding diaryl/α,β-unsaturated/α-hetero) is 1. The number of carbonyl (C=O) groups excluding carboxylic acids is 2. The predicted octanol–water partition coefficient (Wildman–Crippen LogP) is 4.88. The van der Waals surface area contributed by atoms with Crippen LogP contribution in [0.15, 0.2) is 36.4 Å². The van der Waals surface area contributed by atoms with Crippen molar-refractivity contribution in [1.29, 1.82) is 0 Å². The van der Waals surface area contributed by atoms with Crippen LogP contribution in [-0.4, -0.2) is 45.2 Å². The van der Waals surface area contributed by atoms with Crippen molar-refractivity contribution >= 4 is 67.0 Å². The Bertz CT molecular complexity index is 1310. The van der Waals surface area contributed by atoms with Gasteiger partial charge in [-0.3, -0.25) is 9.59 Å². The second-order valence-electron chi connectivity index (χ2n) is 7.71. The Hall–Kier alpha value is -2.97. The molecule has 4 rings (SSSR count). The van der Waals surface area contributed by atoms with Crippen LogP contribution in [0.4, 0.5) is 11.1 Å². The van der Waals surface area contributed by atoms with Crippen LogP contribution in [0.3, 0.4) is 0 Å². The monoisotopic (exact) mass is 455 g/mol. The minimum absolute atomic E-state index is 0.0594. The number of anilines is 2. The van der Waals surface area contributed by atoms with E-state index >= 15 is 0 Å². The number of carbonyl (C=O) groups is 2. The standard InChI is InChI=1S/C22H22ClN5O2S/c1-12(20(30)27(2)3)9-18(29)13-5-8-17-16(10-13)24-21(28(17)4)26-22-25-15-7-6-14(23)11-19(15)31-22/h5-8,10-12H,9H2,1-4H3,(H,24,25,26)/t12-/m0/s1. The Labute approximate surface area is 188 Å². The molecule has 0 saturated carbocycles. The molecule has 31 heavy (non-hydrogen) atoms. The highest BCUT2D eigenvalue weighted by molar-refractivity contribution is 7.22. The van der Waals surface area contributed by atoms with Crippen molar-refractivity contribution in [2.24, 2.45) is 13.0 Å². The van der Waals surface area contributed by atoms with E-state index in [4.69, 9.17) is 11.6 Å². The number of aromatic nitrogens is 3.